The minimum absolute atomic E-state index is 0.140. The van der Waals surface area contributed by atoms with Crippen LogP contribution in [0.1, 0.15) is 42.4 Å². The van der Waals surface area contributed by atoms with Crippen molar-refractivity contribution in [2.24, 2.45) is 0 Å². The maximum absolute atomic E-state index is 11.7. The van der Waals surface area contributed by atoms with Gasteiger partial charge in [0.2, 0.25) is 0 Å². The van der Waals surface area contributed by atoms with Crippen molar-refractivity contribution in [3.63, 3.8) is 0 Å². The lowest BCUT2D eigenvalue weighted by atomic mass is 10.2. The molecule has 8 heteroatoms. The fourth-order valence-electron chi connectivity index (χ4n) is 2.12. The van der Waals surface area contributed by atoms with Crippen LogP contribution >= 0.6 is 11.6 Å². The summed E-state index contributed by atoms with van der Waals surface area (Å²) in [4.78, 5) is 11.7. The maximum atomic E-state index is 11.7. The van der Waals surface area contributed by atoms with Gasteiger partial charge in [0, 0.05) is 6.61 Å². The van der Waals surface area contributed by atoms with Gasteiger partial charge in [0.25, 0.3) is 0 Å². The van der Waals surface area contributed by atoms with Crippen LogP contribution in [-0.4, -0.2) is 47.1 Å². The summed E-state index contributed by atoms with van der Waals surface area (Å²) in [7, 11) is 0. The van der Waals surface area contributed by atoms with Crippen LogP contribution in [0, 0.1) is 0 Å². The molecule has 0 aliphatic carbocycles. The first kappa shape index (κ1) is 16.2. The lowest BCUT2D eigenvalue weighted by molar-refractivity contribution is -0.163. The second-order valence-corrected chi connectivity index (χ2v) is 4.90. The van der Waals surface area contributed by atoms with Gasteiger partial charge in [0.05, 0.1) is 31.3 Å². The van der Waals surface area contributed by atoms with Gasteiger partial charge in [0.1, 0.15) is 0 Å². The average molecular weight is 318 g/mol. The number of nitrogens with zero attached hydrogens (tertiary/aromatic N) is 3. The van der Waals surface area contributed by atoms with Crippen LogP contribution in [0.3, 0.4) is 0 Å². The number of halogens is 1. The number of rotatable bonds is 7. The van der Waals surface area contributed by atoms with E-state index in [1.807, 2.05) is 0 Å². The number of ether oxygens (including phenoxy) is 3. The van der Waals surface area contributed by atoms with Gasteiger partial charge in [-0.2, -0.15) is 0 Å². The highest BCUT2D eigenvalue weighted by molar-refractivity contribution is 6.17. The number of hydrogen-bond donors (Lipinski definition) is 0. The maximum Gasteiger partial charge on any atom is 0.360 e. The topological polar surface area (TPSA) is 75.5 Å². The van der Waals surface area contributed by atoms with E-state index in [0.29, 0.717) is 18.8 Å². The monoisotopic (exact) mass is 317 g/mol. The number of alkyl halides is 1. The predicted molar refractivity (Wildman–Crippen MR) is 75.1 cm³/mol. The number of esters is 1. The average Bonchev–Trinajstić information content (AvgIpc) is 2.91. The number of hydrogen-bond acceptors (Lipinski definition) is 6. The molecule has 1 aliphatic heterocycles. The molecule has 7 nitrogen and oxygen atoms in total. The van der Waals surface area contributed by atoms with Gasteiger partial charge in [-0.05, 0) is 26.2 Å². The van der Waals surface area contributed by atoms with Crippen molar-refractivity contribution < 1.29 is 19.0 Å². The number of aromatic nitrogens is 3. The Kier molecular flexibility index (Phi) is 6.41. The zero-order valence-corrected chi connectivity index (χ0v) is 12.8. The minimum Gasteiger partial charge on any atom is -0.461 e. The summed E-state index contributed by atoms with van der Waals surface area (Å²) in [5, 5.41) is 7.77. The Morgan fingerprint density at radius 3 is 3.05 bits per heavy atom. The van der Waals surface area contributed by atoms with Crippen LogP contribution < -0.4 is 0 Å². The number of carbonyl (C=O) groups excluding carboxylic acids is 1. The molecule has 1 aromatic rings. The third-order valence-corrected chi connectivity index (χ3v) is 3.43. The molecule has 0 spiro atoms. The Bertz CT molecular complexity index is 460. The molecule has 0 N–H and O–H groups in total. The second-order valence-electron chi connectivity index (χ2n) is 4.63. The molecule has 1 unspecified atom stereocenters. The van der Waals surface area contributed by atoms with E-state index in [4.69, 9.17) is 25.8 Å². The Balaban J connectivity index is 1.89. The largest absolute Gasteiger partial charge is 0.461 e. The summed E-state index contributed by atoms with van der Waals surface area (Å²) in [6.45, 7) is 3.67. The fraction of sp³-hybridized carbons (Fsp3) is 0.769. The highest BCUT2D eigenvalue weighted by Gasteiger charge is 2.20. The van der Waals surface area contributed by atoms with Crippen molar-refractivity contribution in [2.75, 3.05) is 19.8 Å². The summed E-state index contributed by atoms with van der Waals surface area (Å²) < 4.78 is 17.6. The molecule has 0 bridgehead atoms. The molecule has 1 fully saturated rings. The Morgan fingerprint density at radius 1 is 1.52 bits per heavy atom. The smallest absolute Gasteiger partial charge is 0.360 e. The summed E-state index contributed by atoms with van der Waals surface area (Å²) >= 11 is 5.88. The summed E-state index contributed by atoms with van der Waals surface area (Å²) in [5.74, 6) is -0.364. The van der Waals surface area contributed by atoms with E-state index in [-0.39, 0.29) is 24.5 Å². The molecule has 0 aromatic carbocycles. The molecule has 0 radical (unpaired) electrons. The van der Waals surface area contributed by atoms with Gasteiger partial charge in [0.15, 0.2) is 12.0 Å². The van der Waals surface area contributed by atoms with E-state index in [9.17, 15) is 4.79 Å². The van der Waals surface area contributed by atoms with Crippen molar-refractivity contribution in [3.8, 4) is 0 Å². The third kappa shape index (κ3) is 4.39. The van der Waals surface area contributed by atoms with Crippen LogP contribution in [-0.2, 0) is 26.6 Å². The van der Waals surface area contributed by atoms with Crippen LogP contribution in [0.15, 0.2) is 0 Å². The molecule has 1 aromatic heterocycles. The SMILES string of the molecule is CCOC(=O)c1nnn(CCOC2CCCCO2)c1CCl. The van der Waals surface area contributed by atoms with Gasteiger partial charge in [-0.3, -0.25) is 0 Å². The van der Waals surface area contributed by atoms with E-state index >= 15 is 0 Å². The summed E-state index contributed by atoms with van der Waals surface area (Å²) in [5.41, 5.74) is 0.712. The molecule has 21 heavy (non-hydrogen) atoms. The van der Waals surface area contributed by atoms with Crippen LogP contribution in [0.2, 0.25) is 0 Å². The van der Waals surface area contributed by atoms with Crippen LogP contribution in [0.25, 0.3) is 0 Å². The van der Waals surface area contributed by atoms with E-state index in [1.54, 1.807) is 11.6 Å². The molecule has 2 rings (SSSR count). The Hall–Kier alpha value is -1.18. The highest BCUT2D eigenvalue weighted by Crippen LogP contribution is 2.14. The summed E-state index contributed by atoms with van der Waals surface area (Å²) in [6.07, 6.45) is 2.97. The zero-order chi connectivity index (χ0) is 15.1. The van der Waals surface area contributed by atoms with Gasteiger partial charge < -0.3 is 14.2 Å². The molecule has 1 saturated heterocycles. The van der Waals surface area contributed by atoms with Crippen LogP contribution in [0.5, 0.6) is 0 Å². The first-order chi connectivity index (χ1) is 10.3. The van der Waals surface area contributed by atoms with E-state index in [2.05, 4.69) is 10.3 Å². The van der Waals surface area contributed by atoms with Gasteiger partial charge in [-0.1, -0.05) is 5.21 Å². The molecule has 1 aliphatic rings. The van der Waals surface area contributed by atoms with E-state index < -0.39 is 5.97 Å². The predicted octanol–water partition coefficient (Wildman–Crippen LogP) is 1.74. The third-order valence-electron chi connectivity index (χ3n) is 3.18. The normalized spacial score (nSPS) is 18.7. The lowest BCUT2D eigenvalue weighted by Gasteiger charge is -2.22. The van der Waals surface area contributed by atoms with E-state index in [0.717, 1.165) is 25.9 Å². The Labute approximate surface area is 128 Å². The molecule has 0 saturated carbocycles. The molecule has 118 valence electrons. The molecule has 2 heterocycles. The first-order valence-electron chi connectivity index (χ1n) is 7.15. The standard InChI is InChI=1S/C13H20ClN3O4/c1-2-19-13(18)12-10(9-14)17(16-15-12)6-8-21-11-5-3-4-7-20-11/h11H,2-9H2,1H3. The Morgan fingerprint density at radius 2 is 2.38 bits per heavy atom. The van der Waals surface area contributed by atoms with Crippen molar-refractivity contribution in [2.45, 2.75) is 44.9 Å². The minimum atomic E-state index is -0.504. The fourth-order valence-corrected chi connectivity index (χ4v) is 2.38. The number of carbonyl (C=O) groups is 1. The van der Waals surface area contributed by atoms with Crippen molar-refractivity contribution in [1.82, 2.24) is 15.0 Å². The lowest BCUT2D eigenvalue weighted by Crippen LogP contribution is -2.24. The molecular formula is C13H20ClN3O4. The van der Waals surface area contributed by atoms with E-state index in [1.165, 1.54) is 0 Å². The molecule has 1 atom stereocenters. The highest BCUT2D eigenvalue weighted by atomic mass is 35.5. The van der Waals surface area contributed by atoms with Crippen molar-refractivity contribution in [1.29, 1.82) is 0 Å². The molecule has 0 amide bonds. The van der Waals surface area contributed by atoms with Crippen molar-refractivity contribution in [3.05, 3.63) is 11.4 Å². The van der Waals surface area contributed by atoms with Gasteiger partial charge >= 0.3 is 5.97 Å². The molecular weight excluding hydrogens is 298 g/mol. The zero-order valence-electron chi connectivity index (χ0n) is 12.1. The van der Waals surface area contributed by atoms with Gasteiger partial charge in [-0.25, -0.2) is 9.48 Å². The first-order valence-corrected chi connectivity index (χ1v) is 7.68. The quantitative estimate of drug-likeness (QED) is 0.563. The van der Waals surface area contributed by atoms with Gasteiger partial charge in [-0.15, -0.1) is 16.7 Å². The van der Waals surface area contributed by atoms with Crippen molar-refractivity contribution >= 4 is 17.6 Å². The van der Waals surface area contributed by atoms with Crippen LogP contribution in [0.4, 0.5) is 0 Å². The second kappa shape index (κ2) is 8.31. The summed E-state index contributed by atoms with van der Waals surface area (Å²) in [6, 6.07) is 0.